The van der Waals surface area contributed by atoms with Gasteiger partial charge in [0.25, 0.3) is 17.3 Å². The molecule has 4 aromatic carbocycles. The number of aliphatic hydroxyl groups is 1. The Hall–Kier alpha value is -8.49. The Morgan fingerprint density at radius 3 is 2.00 bits per heavy atom. The molecular formula is C54H58N10O10. The SMILES string of the molecule is O=C(CNc1cc(C(=O)NC[C@H](O)CN2CCc3ccccc3C2)ncn1)NCCCCCCC(=O)N[C@@H](Cc1ccccc1)C(=O)N1C/C(=C\c2ccc([N+](=O)[O-])cc2)C(=O)/C(=C/c2ccc([N+](=O)[O-])cc2)C1. The maximum atomic E-state index is 14.5. The molecule has 2 aliphatic rings. The molecule has 1 aromatic heterocycles. The number of anilines is 1. The third-order valence-corrected chi connectivity index (χ3v) is 12.6. The van der Waals surface area contributed by atoms with E-state index in [9.17, 15) is 49.3 Å². The number of rotatable bonds is 23. The average molecular weight is 1010 g/mol. The fourth-order valence-corrected chi connectivity index (χ4v) is 8.70. The van der Waals surface area contributed by atoms with Crippen LogP contribution >= 0.6 is 0 Å². The van der Waals surface area contributed by atoms with Gasteiger partial charge in [0.05, 0.1) is 22.5 Å². The molecule has 20 nitrogen and oxygen atoms in total. The summed E-state index contributed by atoms with van der Waals surface area (Å²) in [4.78, 5) is 101. The summed E-state index contributed by atoms with van der Waals surface area (Å²) in [6.45, 7) is 2.11. The molecule has 384 valence electrons. The zero-order chi connectivity index (χ0) is 52.4. The smallest absolute Gasteiger partial charge is 0.270 e. The second kappa shape index (κ2) is 26.3. The van der Waals surface area contributed by atoms with Crippen LogP contribution in [-0.2, 0) is 38.6 Å². The minimum atomic E-state index is -0.998. The molecule has 2 atom stereocenters. The highest BCUT2D eigenvalue weighted by Crippen LogP contribution is 2.26. The molecule has 0 saturated carbocycles. The lowest BCUT2D eigenvalue weighted by Crippen LogP contribution is -2.52. The first kappa shape index (κ1) is 53.3. The van der Waals surface area contributed by atoms with E-state index < -0.39 is 33.8 Å². The summed E-state index contributed by atoms with van der Waals surface area (Å²) >= 11 is 0. The topological polar surface area (TPSA) is 272 Å². The van der Waals surface area contributed by atoms with E-state index >= 15 is 0 Å². The van der Waals surface area contributed by atoms with Crippen LogP contribution in [0, 0.1) is 20.2 Å². The first-order valence-corrected chi connectivity index (χ1v) is 24.4. The summed E-state index contributed by atoms with van der Waals surface area (Å²) in [5.74, 6) is -1.61. The van der Waals surface area contributed by atoms with E-state index in [2.05, 4.69) is 48.3 Å². The quantitative estimate of drug-likeness (QED) is 0.0243. The predicted octanol–water partition coefficient (Wildman–Crippen LogP) is 5.23. The standard InChI is InChI=1S/C54H58N10O10/c65-46(35-61-25-23-40-12-7-8-13-41(40)32-61)30-57-53(69)47-29-49(59-36-58-47)56-31-51(67)55-24-9-2-1-6-14-50(66)60-48(28-37-10-4-3-5-11-37)54(70)62-33-42(26-38-15-19-44(20-16-38)63(71)72)52(68)43(34-62)27-39-17-21-45(22-18-39)64(73)74/h3-5,7-8,10-13,15-22,26-27,29,36,46,48,65H,1-2,6,9,14,23-25,28,30-35H2,(H,55,67)(H,57,69)(H,60,66)(H,56,58,59)/b42-26+,43-27+/t46-,48-/m0/s1. The normalized spacial score (nSPS) is 15.4. The van der Waals surface area contributed by atoms with Crippen molar-refractivity contribution in [3.63, 3.8) is 0 Å². The lowest BCUT2D eigenvalue weighted by molar-refractivity contribution is -0.385. The van der Waals surface area contributed by atoms with Gasteiger partial charge in [-0.1, -0.05) is 67.4 Å². The van der Waals surface area contributed by atoms with Crippen molar-refractivity contribution in [1.29, 1.82) is 0 Å². The van der Waals surface area contributed by atoms with E-state index in [4.69, 9.17) is 0 Å². The number of nitrogens with one attached hydrogen (secondary N) is 4. The molecule has 2 aliphatic heterocycles. The summed E-state index contributed by atoms with van der Waals surface area (Å²) in [7, 11) is 0. The number of hydrogen-bond donors (Lipinski definition) is 5. The van der Waals surface area contributed by atoms with Crippen LogP contribution in [0.2, 0.25) is 0 Å². The summed E-state index contributed by atoms with van der Waals surface area (Å²) in [5.41, 5.74) is 4.64. The van der Waals surface area contributed by atoms with Gasteiger partial charge in [0.1, 0.15) is 23.9 Å². The molecule has 3 heterocycles. The van der Waals surface area contributed by atoms with Crippen LogP contribution in [0.4, 0.5) is 17.2 Å². The van der Waals surface area contributed by atoms with Crippen molar-refractivity contribution in [3.8, 4) is 0 Å². The summed E-state index contributed by atoms with van der Waals surface area (Å²) in [6, 6.07) is 29.1. The van der Waals surface area contributed by atoms with Gasteiger partial charge in [0.2, 0.25) is 17.7 Å². The number of amides is 4. The maximum absolute atomic E-state index is 14.5. The molecular weight excluding hydrogens is 949 g/mol. The Labute approximate surface area is 427 Å². The minimum Gasteiger partial charge on any atom is -0.390 e. The van der Waals surface area contributed by atoms with Crippen LogP contribution < -0.4 is 21.3 Å². The number of aliphatic hydroxyl groups excluding tert-OH is 1. The van der Waals surface area contributed by atoms with Gasteiger partial charge in [-0.05, 0) is 83.5 Å². The Kier molecular flexibility index (Phi) is 18.9. The lowest BCUT2D eigenvalue weighted by Gasteiger charge is -2.33. The number of hydrogen-bond acceptors (Lipinski definition) is 14. The lowest BCUT2D eigenvalue weighted by atomic mass is 9.93. The zero-order valence-corrected chi connectivity index (χ0v) is 40.7. The van der Waals surface area contributed by atoms with E-state index in [0.29, 0.717) is 49.9 Å². The zero-order valence-electron chi connectivity index (χ0n) is 40.7. The molecule has 5 aromatic rings. The number of likely N-dealkylation sites (tertiary alicyclic amines) is 1. The highest BCUT2D eigenvalue weighted by Gasteiger charge is 2.34. The highest BCUT2D eigenvalue weighted by atomic mass is 16.6. The van der Waals surface area contributed by atoms with Crippen LogP contribution in [0.3, 0.4) is 0 Å². The van der Waals surface area contributed by atoms with E-state index in [1.54, 1.807) is 12.2 Å². The largest absolute Gasteiger partial charge is 0.390 e. The van der Waals surface area contributed by atoms with Gasteiger partial charge in [-0.15, -0.1) is 0 Å². The Morgan fingerprint density at radius 2 is 1.35 bits per heavy atom. The number of non-ortho nitro benzene ring substituents is 2. The number of carbonyl (C=O) groups excluding carboxylic acids is 5. The van der Waals surface area contributed by atoms with Crippen LogP contribution in [0.1, 0.15) is 70.4 Å². The third-order valence-electron chi connectivity index (χ3n) is 12.6. The number of carbonyl (C=O) groups is 5. The minimum absolute atomic E-state index is 0.0480. The average Bonchev–Trinajstić information content (AvgIpc) is 3.40. The number of Topliss-reactive ketones (excluding diaryl/α,β-unsaturated/α-hetero) is 1. The fourth-order valence-electron chi connectivity index (χ4n) is 8.70. The van der Waals surface area contributed by atoms with Crippen LogP contribution in [0.25, 0.3) is 12.2 Å². The van der Waals surface area contributed by atoms with E-state index in [1.807, 2.05) is 42.5 Å². The molecule has 0 unspecified atom stereocenters. The molecule has 4 amide bonds. The van der Waals surface area contributed by atoms with E-state index in [0.717, 1.165) is 25.1 Å². The van der Waals surface area contributed by atoms with Crippen LogP contribution in [-0.4, -0.2) is 122 Å². The fraction of sp³-hybridized carbons (Fsp3) is 0.315. The molecule has 1 fully saturated rings. The van der Waals surface area contributed by atoms with Crippen molar-refractivity contribution in [3.05, 3.63) is 180 Å². The van der Waals surface area contributed by atoms with Gasteiger partial charge >= 0.3 is 0 Å². The molecule has 5 N–H and O–H groups in total. The van der Waals surface area contributed by atoms with Crippen molar-refractivity contribution in [1.82, 2.24) is 35.7 Å². The summed E-state index contributed by atoms with van der Waals surface area (Å²) in [6.07, 6.45) is 7.35. The number of aromatic nitrogens is 2. The first-order valence-electron chi connectivity index (χ1n) is 24.4. The Bertz CT molecular complexity index is 2800. The van der Waals surface area contributed by atoms with Gasteiger partial charge in [0.15, 0.2) is 5.78 Å². The highest BCUT2D eigenvalue weighted by molar-refractivity contribution is 6.15. The van der Waals surface area contributed by atoms with E-state index in [1.165, 1.54) is 77.0 Å². The molecule has 20 heteroatoms. The number of fused-ring (bicyclic) bond motifs is 1. The number of β-amino-alcohol motifs (C(OH)–C–C–N with tert-alkyl or cyclic N) is 1. The van der Waals surface area contributed by atoms with Gasteiger partial charge in [0, 0.05) is 100 Å². The molecule has 7 rings (SSSR count). The van der Waals surface area contributed by atoms with Crippen molar-refractivity contribution in [2.24, 2.45) is 0 Å². The maximum Gasteiger partial charge on any atom is 0.270 e. The molecule has 1 saturated heterocycles. The second-order valence-corrected chi connectivity index (χ2v) is 18.1. The van der Waals surface area contributed by atoms with Crippen LogP contribution in [0.5, 0.6) is 0 Å². The predicted molar refractivity (Wildman–Crippen MR) is 276 cm³/mol. The Balaban J connectivity index is 0.860. The van der Waals surface area contributed by atoms with Gasteiger partial charge < -0.3 is 31.3 Å². The summed E-state index contributed by atoms with van der Waals surface area (Å²) in [5, 5.41) is 44.6. The van der Waals surface area contributed by atoms with Gasteiger partial charge in [-0.3, -0.25) is 49.1 Å². The van der Waals surface area contributed by atoms with Crippen molar-refractivity contribution in [2.45, 2.75) is 63.6 Å². The monoisotopic (exact) mass is 1010 g/mol. The second-order valence-electron chi connectivity index (χ2n) is 18.1. The first-order chi connectivity index (χ1) is 35.8. The van der Waals surface area contributed by atoms with Crippen molar-refractivity contribution < 1.29 is 38.9 Å². The number of nitrogens with zero attached hydrogens (tertiary/aromatic N) is 6. The Morgan fingerprint density at radius 1 is 0.730 bits per heavy atom. The number of nitro groups is 2. The summed E-state index contributed by atoms with van der Waals surface area (Å²) < 4.78 is 0. The molecule has 0 radical (unpaired) electrons. The van der Waals surface area contributed by atoms with E-state index in [-0.39, 0.29) is 90.7 Å². The molecule has 0 aliphatic carbocycles. The van der Waals surface area contributed by atoms with Crippen molar-refractivity contribution in [2.75, 3.05) is 51.1 Å². The molecule has 74 heavy (non-hydrogen) atoms. The number of ketones is 1. The number of benzene rings is 4. The number of piperidine rings is 1. The molecule has 0 spiro atoms. The van der Waals surface area contributed by atoms with Crippen LogP contribution in [0.15, 0.2) is 127 Å². The van der Waals surface area contributed by atoms with Gasteiger partial charge in [-0.2, -0.15) is 0 Å². The van der Waals surface area contributed by atoms with Crippen molar-refractivity contribution >= 4 is 58.8 Å². The third kappa shape index (κ3) is 15.8. The van der Waals surface area contributed by atoms with Gasteiger partial charge in [-0.25, -0.2) is 9.97 Å². The number of unbranched alkanes of at least 4 members (excludes halogenated alkanes) is 3. The molecule has 0 bridgehead atoms. The number of nitro benzene ring substituents is 2.